The number of nitrogens with one attached hydrogen (secondary N) is 1. The number of hydrogen-bond donors (Lipinski definition) is 1. The van der Waals surface area contributed by atoms with E-state index in [1.165, 1.54) is 4.31 Å². The van der Waals surface area contributed by atoms with E-state index in [1.807, 2.05) is 43.3 Å². The van der Waals surface area contributed by atoms with Gasteiger partial charge in [-0.2, -0.15) is 4.31 Å². The number of carbonyl (C=O) groups is 1. The van der Waals surface area contributed by atoms with E-state index < -0.39 is 10.0 Å². The summed E-state index contributed by atoms with van der Waals surface area (Å²) in [5.74, 6) is -0.0375. The van der Waals surface area contributed by atoms with Gasteiger partial charge in [0.2, 0.25) is 10.0 Å². The zero-order chi connectivity index (χ0) is 18.7. The van der Waals surface area contributed by atoms with E-state index in [-0.39, 0.29) is 11.7 Å². The average molecular weight is 437 g/mol. The molecule has 0 aliphatic carbocycles. The minimum absolute atomic E-state index is 0.167. The fourth-order valence-electron chi connectivity index (χ4n) is 3.08. The molecule has 0 spiro atoms. The number of halogens is 1. The molecule has 1 aliphatic rings. The lowest BCUT2D eigenvalue weighted by atomic mass is 10.0. The maximum atomic E-state index is 12.5. The highest BCUT2D eigenvalue weighted by Gasteiger charge is 2.26. The Morgan fingerprint density at radius 3 is 2.69 bits per heavy atom. The Morgan fingerprint density at radius 2 is 1.96 bits per heavy atom. The quantitative estimate of drug-likeness (QED) is 0.774. The SMILES string of the molecule is CCCS(=O)(=O)N1CCc2ccc(NC(=O)c3ccccc3Br)cc2C1. The van der Waals surface area contributed by atoms with Crippen LogP contribution in [-0.4, -0.2) is 30.9 Å². The van der Waals surface area contributed by atoms with Gasteiger partial charge in [-0.3, -0.25) is 4.79 Å². The van der Waals surface area contributed by atoms with Gasteiger partial charge in [-0.15, -0.1) is 0 Å². The molecule has 1 amide bonds. The summed E-state index contributed by atoms with van der Waals surface area (Å²) in [7, 11) is -3.22. The van der Waals surface area contributed by atoms with Crippen molar-refractivity contribution in [1.29, 1.82) is 0 Å². The van der Waals surface area contributed by atoms with Crippen LogP contribution in [0.15, 0.2) is 46.9 Å². The van der Waals surface area contributed by atoms with Crippen molar-refractivity contribution in [2.75, 3.05) is 17.6 Å². The standard InChI is InChI=1S/C19H21BrN2O3S/c1-2-11-26(24,25)22-10-9-14-7-8-16(12-15(14)13-22)21-19(23)17-5-3-4-6-18(17)20/h3-8,12H,2,9-11,13H2,1H3,(H,21,23). The zero-order valence-electron chi connectivity index (χ0n) is 14.5. The Hall–Kier alpha value is -1.70. The maximum absolute atomic E-state index is 12.5. The van der Waals surface area contributed by atoms with Gasteiger partial charge in [-0.05, 0) is 64.2 Å². The van der Waals surface area contributed by atoms with Gasteiger partial charge >= 0.3 is 0 Å². The summed E-state index contributed by atoms with van der Waals surface area (Å²) in [6.45, 7) is 2.74. The van der Waals surface area contributed by atoms with Crippen LogP contribution >= 0.6 is 15.9 Å². The lowest BCUT2D eigenvalue weighted by Gasteiger charge is -2.28. The number of benzene rings is 2. The predicted molar refractivity (Wildman–Crippen MR) is 107 cm³/mol. The van der Waals surface area contributed by atoms with Crippen LogP contribution in [-0.2, 0) is 23.0 Å². The summed E-state index contributed by atoms with van der Waals surface area (Å²) in [5, 5.41) is 2.89. The lowest BCUT2D eigenvalue weighted by molar-refractivity contribution is 0.102. The fourth-order valence-corrected chi connectivity index (χ4v) is 5.02. The van der Waals surface area contributed by atoms with Gasteiger partial charge in [0, 0.05) is 23.2 Å². The molecule has 0 bridgehead atoms. The third-order valence-corrected chi connectivity index (χ3v) is 7.13. The summed E-state index contributed by atoms with van der Waals surface area (Å²) in [6.07, 6.45) is 1.30. The molecule has 2 aromatic rings. The second-order valence-corrected chi connectivity index (χ2v) is 9.26. The molecule has 1 N–H and O–H groups in total. The first kappa shape index (κ1) is 19.1. The van der Waals surface area contributed by atoms with E-state index in [0.29, 0.717) is 37.2 Å². The molecule has 0 radical (unpaired) electrons. The number of nitrogens with zero attached hydrogens (tertiary/aromatic N) is 1. The molecular weight excluding hydrogens is 416 g/mol. The highest BCUT2D eigenvalue weighted by molar-refractivity contribution is 9.10. The first-order chi connectivity index (χ1) is 12.4. The molecular formula is C19H21BrN2O3S. The molecule has 0 aromatic heterocycles. The predicted octanol–water partition coefficient (Wildman–Crippen LogP) is 3.80. The summed E-state index contributed by atoms with van der Waals surface area (Å²) in [6, 6.07) is 12.9. The Balaban J connectivity index is 1.79. The first-order valence-corrected chi connectivity index (χ1v) is 11.0. The number of amides is 1. The summed E-state index contributed by atoms with van der Waals surface area (Å²) < 4.78 is 26.9. The molecule has 3 rings (SSSR count). The summed E-state index contributed by atoms with van der Waals surface area (Å²) in [4.78, 5) is 12.5. The minimum Gasteiger partial charge on any atom is -0.322 e. The van der Waals surface area contributed by atoms with Gasteiger partial charge in [0.05, 0.1) is 11.3 Å². The molecule has 0 fully saturated rings. The van der Waals surface area contributed by atoms with Crippen LogP contribution in [0.3, 0.4) is 0 Å². The number of hydrogen-bond acceptors (Lipinski definition) is 3. The van der Waals surface area contributed by atoms with Gasteiger partial charge in [0.15, 0.2) is 0 Å². The van der Waals surface area contributed by atoms with Crippen LogP contribution in [0.5, 0.6) is 0 Å². The Kier molecular flexibility index (Phi) is 5.79. The van der Waals surface area contributed by atoms with Gasteiger partial charge in [0.1, 0.15) is 0 Å². The molecule has 1 aliphatic heterocycles. The zero-order valence-corrected chi connectivity index (χ0v) is 16.9. The molecule has 5 nitrogen and oxygen atoms in total. The fraction of sp³-hybridized carbons (Fsp3) is 0.316. The molecule has 7 heteroatoms. The van der Waals surface area contributed by atoms with Crippen LogP contribution in [0, 0.1) is 0 Å². The molecule has 1 heterocycles. The van der Waals surface area contributed by atoms with Gasteiger partial charge < -0.3 is 5.32 Å². The topological polar surface area (TPSA) is 66.5 Å². The van der Waals surface area contributed by atoms with Crippen molar-refractivity contribution in [2.24, 2.45) is 0 Å². The van der Waals surface area contributed by atoms with Crippen molar-refractivity contribution in [3.8, 4) is 0 Å². The smallest absolute Gasteiger partial charge is 0.256 e. The van der Waals surface area contributed by atoms with E-state index in [2.05, 4.69) is 21.2 Å². The highest BCUT2D eigenvalue weighted by atomic mass is 79.9. The molecule has 2 aromatic carbocycles. The lowest BCUT2D eigenvalue weighted by Crippen LogP contribution is -2.37. The number of anilines is 1. The number of rotatable bonds is 5. The van der Waals surface area contributed by atoms with Crippen LogP contribution in [0.4, 0.5) is 5.69 Å². The highest BCUT2D eigenvalue weighted by Crippen LogP contribution is 2.25. The summed E-state index contributed by atoms with van der Waals surface area (Å²) in [5.41, 5.74) is 3.30. The van der Waals surface area contributed by atoms with Crippen molar-refractivity contribution in [3.05, 3.63) is 63.6 Å². The van der Waals surface area contributed by atoms with Crippen molar-refractivity contribution in [2.45, 2.75) is 26.3 Å². The van der Waals surface area contributed by atoms with Crippen molar-refractivity contribution >= 4 is 37.5 Å². The van der Waals surface area contributed by atoms with Crippen molar-refractivity contribution < 1.29 is 13.2 Å². The van der Waals surface area contributed by atoms with Crippen molar-refractivity contribution in [3.63, 3.8) is 0 Å². The maximum Gasteiger partial charge on any atom is 0.256 e. The molecule has 0 atom stereocenters. The van der Waals surface area contributed by atoms with Crippen molar-refractivity contribution in [1.82, 2.24) is 4.31 Å². The van der Waals surface area contributed by atoms with E-state index in [9.17, 15) is 13.2 Å². The van der Waals surface area contributed by atoms with Crippen LogP contribution in [0.25, 0.3) is 0 Å². The van der Waals surface area contributed by atoms with Crippen LogP contribution < -0.4 is 5.32 Å². The van der Waals surface area contributed by atoms with Crippen LogP contribution in [0.1, 0.15) is 34.8 Å². The molecule has 26 heavy (non-hydrogen) atoms. The second-order valence-electron chi connectivity index (χ2n) is 6.32. The normalized spacial score (nSPS) is 14.7. The monoisotopic (exact) mass is 436 g/mol. The minimum atomic E-state index is -3.22. The van der Waals surface area contributed by atoms with Gasteiger partial charge in [0.25, 0.3) is 5.91 Å². The largest absolute Gasteiger partial charge is 0.322 e. The third kappa shape index (κ3) is 4.16. The van der Waals surface area contributed by atoms with E-state index in [4.69, 9.17) is 0 Å². The first-order valence-electron chi connectivity index (χ1n) is 8.56. The number of carbonyl (C=O) groups excluding carboxylic acids is 1. The third-order valence-electron chi connectivity index (χ3n) is 4.42. The van der Waals surface area contributed by atoms with E-state index >= 15 is 0 Å². The van der Waals surface area contributed by atoms with Crippen LogP contribution in [0.2, 0.25) is 0 Å². The molecule has 0 unspecified atom stereocenters. The summed E-state index contributed by atoms with van der Waals surface area (Å²) >= 11 is 3.38. The second kappa shape index (κ2) is 7.90. The Labute approximate surface area is 162 Å². The molecule has 0 saturated carbocycles. The van der Waals surface area contributed by atoms with E-state index in [0.717, 1.165) is 15.6 Å². The van der Waals surface area contributed by atoms with E-state index in [1.54, 1.807) is 6.07 Å². The number of fused-ring (bicyclic) bond motifs is 1. The number of sulfonamides is 1. The van der Waals surface area contributed by atoms with Gasteiger partial charge in [-0.1, -0.05) is 25.1 Å². The molecule has 138 valence electrons. The van der Waals surface area contributed by atoms with Gasteiger partial charge in [-0.25, -0.2) is 8.42 Å². The average Bonchev–Trinajstić information content (AvgIpc) is 2.61. The molecule has 0 saturated heterocycles. The Morgan fingerprint density at radius 1 is 1.19 bits per heavy atom. The Bertz CT molecular complexity index is 928.